The number of methoxy groups -OCH3 is 1. The Morgan fingerprint density at radius 2 is 1.95 bits per heavy atom. The smallest absolute Gasteiger partial charge is 0.307 e. The third kappa shape index (κ3) is 5.63. The molecule has 0 bridgehead atoms. The first-order valence-electron chi connectivity index (χ1n) is 7.26. The van der Waals surface area contributed by atoms with Crippen LogP contribution in [0.4, 0.5) is 0 Å². The van der Waals surface area contributed by atoms with E-state index in [-0.39, 0.29) is 30.9 Å². The van der Waals surface area contributed by atoms with Crippen molar-refractivity contribution in [1.29, 1.82) is 0 Å². The zero-order chi connectivity index (χ0) is 16.5. The van der Waals surface area contributed by atoms with Gasteiger partial charge in [-0.1, -0.05) is 0 Å². The molecule has 0 aromatic heterocycles. The van der Waals surface area contributed by atoms with Gasteiger partial charge in [-0.2, -0.15) is 0 Å². The van der Waals surface area contributed by atoms with E-state index in [1.54, 1.807) is 25.1 Å². The lowest BCUT2D eigenvalue weighted by Gasteiger charge is -2.14. The Labute approximate surface area is 130 Å². The first kappa shape index (κ1) is 17.8. The highest BCUT2D eigenvalue weighted by atomic mass is 16.5. The van der Waals surface area contributed by atoms with Gasteiger partial charge in [0.1, 0.15) is 0 Å². The fourth-order valence-corrected chi connectivity index (χ4v) is 1.77. The molecule has 122 valence electrons. The summed E-state index contributed by atoms with van der Waals surface area (Å²) >= 11 is 0. The molecule has 0 aliphatic carbocycles. The van der Waals surface area contributed by atoms with E-state index in [4.69, 9.17) is 14.2 Å². The lowest BCUT2D eigenvalue weighted by molar-refractivity contribution is -0.142. The molecule has 0 saturated carbocycles. The number of benzene rings is 1. The fourth-order valence-electron chi connectivity index (χ4n) is 1.77. The van der Waals surface area contributed by atoms with Crippen LogP contribution in [-0.2, 0) is 9.53 Å². The number of esters is 1. The van der Waals surface area contributed by atoms with Crippen LogP contribution in [0.5, 0.6) is 11.5 Å². The minimum Gasteiger partial charge on any atom is -0.493 e. The molecule has 22 heavy (non-hydrogen) atoms. The molecule has 0 heterocycles. The molecule has 0 aliphatic rings. The summed E-state index contributed by atoms with van der Waals surface area (Å²) in [7, 11) is 1.52. The first-order valence-corrected chi connectivity index (χ1v) is 7.26. The Morgan fingerprint density at radius 1 is 1.23 bits per heavy atom. The van der Waals surface area contributed by atoms with Crippen molar-refractivity contribution in [2.75, 3.05) is 20.3 Å². The van der Waals surface area contributed by atoms with E-state index in [9.17, 15) is 9.59 Å². The van der Waals surface area contributed by atoms with E-state index in [2.05, 4.69) is 5.32 Å². The van der Waals surface area contributed by atoms with E-state index >= 15 is 0 Å². The van der Waals surface area contributed by atoms with Gasteiger partial charge in [-0.25, -0.2) is 0 Å². The third-order valence-corrected chi connectivity index (χ3v) is 2.71. The van der Waals surface area contributed by atoms with E-state index in [1.165, 1.54) is 7.11 Å². The van der Waals surface area contributed by atoms with Gasteiger partial charge in [-0.3, -0.25) is 9.59 Å². The topological polar surface area (TPSA) is 73.9 Å². The molecule has 1 rings (SSSR count). The Hall–Kier alpha value is -2.24. The number of hydrogen-bond donors (Lipinski definition) is 1. The molecule has 0 atom stereocenters. The van der Waals surface area contributed by atoms with Crippen LogP contribution in [0.25, 0.3) is 0 Å². The molecule has 0 aliphatic heterocycles. The van der Waals surface area contributed by atoms with Gasteiger partial charge in [0, 0.05) is 12.1 Å². The molecule has 1 aromatic carbocycles. The Bertz CT molecular complexity index is 513. The van der Waals surface area contributed by atoms with Gasteiger partial charge in [0.25, 0.3) is 5.91 Å². The number of nitrogens with one attached hydrogen (secondary N) is 1. The normalized spacial score (nSPS) is 10.2. The molecular formula is C16H23NO5. The van der Waals surface area contributed by atoms with Gasteiger partial charge >= 0.3 is 5.97 Å². The summed E-state index contributed by atoms with van der Waals surface area (Å²) in [4.78, 5) is 23.2. The van der Waals surface area contributed by atoms with E-state index in [0.717, 1.165) is 0 Å². The highest BCUT2D eigenvalue weighted by molar-refractivity contribution is 5.95. The molecule has 0 radical (unpaired) electrons. The third-order valence-electron chi connectivity index (χ3n) is 2.71. The van der Waals surface area contributed by atoms with Crippen LogP contribution in [0.2, 0.25) is 0 Å². The zero-order valence-corrected chi connectivity index (χ0v) is 13.5. The highest BCUT2D eigenvalue weighted by Gasteiger charge is 2.12. The number of hydrogen-bond acceptors (Lipinski definition) is 5. The largest absolute Gasteiger partial charge is 0.493 e. The molecule has 0 fully saturated rings. The van der Waals surface area contributed by atoms with Gasteiger partial charge < -0.3 is 19.5 Å². The highest BCUT2D eigenvalue weighted by Crippen LogP contribution is 2.28. The molecule has 0 saturated heterocycles. The van der Waals surface area contributed by atoms with E-state index < -0.39 is 0 Å². The maximum Gasteiger partial charge on any atom is 0.307 e. The van der Waals surface area contributed by atoms with Crippen molar-refractivity contribution in [3.8, 4) is 11.5 Å². The minimum absolute atomic E-state index is 0.0122. The van der Waals surface area contributed by atoms with Crippen molar-refractivity contribution < 1.29 is 23.8 Å². The second-order valence-electron chi connectivity index (χ2n) is 4.84. The number of carbonyl (C=O) groups is 2. The van der Waals surface area contributed by atoms with Gasteiger partial charge in [0.2, 0.25) is 0 Å². The van der Waals surface area contributed by atoms with E-state index in [1.807, 2.05) is 13.8 Å². The van der Waals surface area contributed by atoms with Crippen molar-refractivity contribution in [1.82, 2.24) is 5.32 Å². The SMILES string of the molecule is CCOC(=O)CCNC(=O)c1ccc(OC(C)C)c(OC)c1. The van der Waals surface area contributed by atoms with Crippen molar-refractivity contribution in [3.63, 3.8) is 0 Å². The number of carbonyl (C=O) groups excluding carboxylic acids is 2. The number of amides is 1. The molecule has 1 amide bonds. The molecular weight excluding hydrogens is 286 g/mol. The maximum absolute atomic E-state index is 12.0. The molecule has 1 N–H and O–H groups in total. The average Bonchev–Trinajstić information content (AvgIpc) is 2.47. The summed E-state index contributed by atoms with van der Waals surface area (Å²) in [6.07, 6.45) is 0.156. The first-order chi connectivity index (χ1) is 10.5. The fraction of sp³-hybridized carbons (Fsp3) is 0.500. The van der Waals surface area contributed by atoms with Crippen LogP contribution in [-0.4, -0.2) is 38.2 Å². The van der Waals surface area contributed by atoms with Crippen molar-refractivity contribution >= 4 is 11.9 Å². The number of ether oxygens (including phenoxy) is 3. The predicted molar refractivity (Wildman–Crippen MR) is 82.3 cm³/mol. The van der Waals surface area contributed by atoms with Crippen LogP contribution in [0.3, 0.4) is 0 Å². The van der Waals surface area contributed by atoms with Gasteiger partial charge in [0.15, 0.2) is 11.5 Å². The quantitative estimate of drug-likeness (QED) is 0.745. The van der Waals surface area contributed by atoms with Crippen LogP contribution in [0.1, 0.15) is 37.6 Å². The Kier molecular flexibility index (Phi) is 7.22. The Balaban J connectivity index is 2.64. The molecule has 0 unspecified atom stereocenters. The summed E-state index contributed by atoms with van der Waals surface area (Å²) < 4.78 is 15.6. The average molecular weight is 309 g/mol. The van der Waals surface area contributed by atoms with E-state index in [0.29, 0.717) is 23.7 Å². The Morgan fingerprint density at radius 3 is 2.55 bits per heavy atom. The maximum atomic E-state index is 12.0. The lowest BCUT2D eigenvalue weighted by Crippen LogP contribution is -2.26. The second-order valence-corrected chi connectivity index (χ2v) is 4.84. The monoisotopic (exact) mass is 309 g/mol. The van der Waals surface area contributed by atoms with Crippen LogP contribution in [0, 0.1) is 0 Å². The summed E-state index contributed by atoms with van der Waals surface area (Å²) in [6, 6.07) is 4.95. The van der Waals surface area contributed by atoms with Crippen LogP contribution < -0.4 is 14.8 Å². The van der Waals surface area contributed by atoms with Crippen LogP contribution >= 0.6 is 0 Å². The van der Waals surface area contributed by atoms with Gasteiger partial charge in [-0.05, 0) is 39.0 Å². The van der Waals surface area contributed by atoms with Crippen molar-refractivity contribution in [2.45, 2.75) is 33.3 Å². The summed E-state index contributed by atoms with van der Waals surface area (Å²) in [5, 5.41) is 2.66. The van der Waals surface area contributed by atoms with Gasteiger partial charge in [-0.15, -0.1) is 0 Å². The van der Waals surface area contributed by atoms with Crippen molar-refractivity contribution in [2.24, 2.45) is 0 Å². The summed E-state index contributed by atoms with van der Waals surface area (Å²) in [6.45, 7) is 6.12. The molecule has 6 heteroatoms. The van der Waals surface area contributed by atoms with Gasteiger partial charge in [0.05, 0.1) is 26.2 Å². The molecule has 6 nitrogen and oxygen atoms in total. The molecule has 1 aromatic rings. The second kappa shape index (κ2) is 8.92. The zero-order valence-electron chi connectivity index (χ0n) is 13.5. The van der Waals surface area contributed by atoms with Crippen LogP contribution in [0.15, 0.2) is 18.2 Å². The molecule has 0 spiro atoms. The minimum atomic E-state index is -0.332. The van der Waals surface area contributed by atoms with Crippen molar-refractivity contribution in [3.05, 3.63) is 23.8 Å². The summed E-state index contributed by atoms with van der Waals surface area (Å²) in [5.74, 6) is 0.465. The standard InChI is InChI=1S/C16H23NO5/c1-5-21-15(18)8-9-17-16(19)12-6-7-13(22-11(2)3)14(10-12)20-4/h6-7,10-11H,5,8-9H2,1-4H3,(H,17,19). The number of rotatable bonds is 8. The summed E-state index contributed by atoms with van der Waals surface area (Å²) in [5.41, 5.74) is 0.441. The predicted octanol–water partition coefficient (Wildman–Crippen LogP) is 2.17. The lowest BCUT2D eigenvalue weighted by atomic mass is 10.2.